The Morgan fingerprint density at radius 1 is 1.21 bits per heavy atom. The molecule has 0 N–H and O–H groups in total. The minimum Gasteiger partial charge on any atom is -0.543 e. The number of benzene rings is 2. The molecule has 0 bridgehead atoms. The van der Waals surface area contributed by atoms with E-state index in [9.17, 15) is 9.90 Å². The molecule has 3 aromatic rings. The lowest BCUT2D eigenvalue weighted by molar-refractivity contribution is -0.255. The van der Waals surface area contributed by atoms with Crippen LogP contribution in [0.2, 0.25) is 5.02 Å². The first kappa shape index (κ1) is 16.5. The highest BCUT2D eigenvalue weighted by Crippen LogP contribution is 2.27. The van der Waals surface area contributed by atoms with Crippen molar-refractivity contribution in [1.29, 1.82) is 0 Å². The summed E-state index contributed by atoms with van der Waals surface area (Å²) in [6.45, 7) is 0.442. The second-order valence-corrected chi connectivity index (χ2v) is 6.50. The van der Waals surface area contributed by atoms with E-state index in [1.807, 2.05) is 42.5 Å². The second kappa shape index (κ2) is 7.47. The van der Waals surface area contributed by atoms with E-state index in [1.54, 1.807) is 6.07 Å². The Morgan fingerprint density at radius 2 is 2.00 bits per heavy atom. The quantitative estimate of drug-likeness (QED) is 0.678. The van der Waals surface area contributed by atoms with Crippen molar-refractivity contribution in [2.24, 2.45) is 0 Å². The Balaban J connectivity index is 1.78. The predicted molar refractivity (Wildman–Crippen MR) is 91.5 cm³/mol. The highest BCUT2D eigenvalue weighted by atomic mass is 35.5. The van der Waals surface area contributed by atoms with Gasteiger partial charge >= 0.3 is 0 Å². The number of carbonyl (C=O) groups excluding carboxylic acids is 1. The number of thiazole rings is 1. The van der Waals surface area contributed by atoms with E-state index in [0.717, 1.165) is 11.1 Å². The third-order valence-electron chi connectivity index (χ3n) is 3.36. The van der Waals surface area contributed by atoms with Crippen LogP contribution in [0.4, 0.5) is 0 Å². The van der Waals surface area contributed by atoms with Gasteiger partial charge in [0.1, 0.15) is 12.4 Å². The van der Waals surface area contributed by atoms with Gasteiger partial charge < -0.3 is 14.6 Å². The van der Waals surface area contributed by atoms with Gasteiger partial charge in [-0.15, -0.1) is 11.3 Å². The zero-order valence-electron chi connectivity index (χ0n) is 12.6. The van der Waals surface area contributed by atoms with Crippen molar-refractivity contribution < 1.29 is 14.6 Å². The van der Waals surface area contributed by atoms with E-state index in [-0.39, 0.29) is 5.69 Å². The fourth-order valence-corrected chi connectivity index (χ4v) is 3.19. The maximum Gasteiger partial charge on any atom is 0.123 e. The summed E-state index contributed by atoms with van der Waals surface area (Å²) in [7, 11) is 0. The van der Waals surface area contributed by atoms with Crippen LogP contribution in [0.1, 0.15) is 26.6 Å². The molecule has 0 aliphatic rings. The van der Waals surface area contributed by atoms with Crippen molar-refractivity contribution >= 4 is 28.9 Å². The molecular weight excluding hydrogens is 346 g/mol. The van der Waals surface area contributed by atoms with Gasteiger partial charge in [0.25, 0.3) is 0 Å². The SMILES string of the molecule is O=C([O-])c1csc(Cc2cc(Cl)ccc2OCc2ccccc2)n1. The van der Waals surface area contributed by atoms with Crippen LogP contribution in [-0.2, 0) is 13.0 Å². The molecule has 24 heavy (non-hydrogen) atoms. The summed E-state index contributed by atoms with van der Waals surface area (Å²) in [5.74, 6) is -0.572. The molecule has 0 atom stereocenters. The lowest BCUT2D eigenvalue weighted by Crippen LogP contribution is -2.22. The van der Waals surface area contributed by atoms with Crippen molar-refractivity contribution in [2.75, 3.05) is 0 Å². The number of rotatable bonds is 6. The summed E-state index contributed by atoms with van der Waals surface area (Å²) in [6, 6.07) is 15.2. The molecule has 2 aromatic carbocycles. The first-order chi connectivity index (χ1) is 11.6. The molecule has 122 valence electrons. The summed E-state index contributed by atoms with van der Waals surface area (Å²) in [5.41, 5.74) is 1.87. The van der Waals surface area contributed by atoms with Crippen LogP contribution in [0.5, 0.6) is 5.75 Å². The van der Waals surface area contributed by atoms with Crippen LogP contribution in [0.15, 0.2) is 53.9 Å². The second-order valence-electron chi connectivity index (χ2n) is 5.12. The summed E-state index contributed by atoms with van der Waals surface area (Å²) >= 11 is 7.35. The number of hydrogen-bond acceptors (Lipinski definition) is 5. The molecule has 0 saturated heterocycles. The monoisotopic (exact) mass is 358 g/mol. The first-order valence-electron chi connectivity index (χ1n) is 7.23. The van der Waals surface area contributed by atoms with Gasteiger partial charge in [0.05, 0.1) is 16.7 Å². The fourth-order valence-electron chi connectivity index (χ4n) is 2.21. The van der Waals surface area contributed by atoms with E-state index in [1.165, 1.54) is 16.7 Å². The number of carboxylic acid groups (broad SMARTS) is 1. The zero-order valence-corrected chi connectivity index (χ0v) is 14.1. The summed E-state index contributed by atoms with van der Waals surface area (Å²) in [5, 5.41) is 13.6. The topological polar surface area (TPSA) is 62.2 Å². The average Bonchev–Trinajstić information content (AvgIpc) is 3.04. The highest BCUT2D eigenvalue weighted by Gasteiger charge is 2.10. The molecule has 0 radical (unpaired) electrons. The Kier molecular flexibility index (Phi) is 5.13. The van der Waals surface area contributed by atoms with Crippen LogP contribution < -0.4 is 9.84 Å². The lowest BCUT2D eigenvalue weighted by atomic mass is 10.1. The predicted octanol–water partition coefficient (Wildman–Crippen LogP) is 3.33. The maximum absolute atomic E-state index is 10.8. The standard InChI is InChI=1S/C18H14ClNO3S/c19-14-6-7-16(23-10-12-4-2-1-3-5-12)13(8-14)9-17-20-15(11-24-17)18(21)22/h1-8,11H,9-10H2,(H,21,22)/p-1. The van der Waals surface area contributed by atoms with Crippen molar-refractivity contribution in [3.8, 4) is 5.75 Å². The van der Waals surface area contributed by atoms with Gasteiger partial charge in [-0.2, -0.15) is 0 Å². The van der Waals surface area contributed by atoms with Crippen LogP contribution >= 0.6 is 22.9 Å². The summed E-state index contributed by atoms with van der Waals surface area (Å²) < 4.78 is 5.89. The van der Waals surface area contributed by atoms with E-state index in [2.05, 4.69) is 4.98 Å². The molecule has 0 spiro atoms. The van der Waals surface area contributed by atoms with Gasteiger partial charge in [0.2, 0.25) is 0 Å². The van der Waals surface area contributed by atoms with Gasteiger partial charge in [0.15, 0.2) is 0 Å². The Labute approximate surface area is 148 Å². The number of aromatic carboxylic acids is 1. The number of carboxylic acids is 1. The van der Waals surface area contributed by atoms with Crippen molar-refractivity contribution in [1.82, 2.24) is 4.98 Å². The number of ether oxygens (including phenoxy) is 1. The smallest absolute Gasteiger partial charge is 0.123 e. The summed E-state index contributed by atoms with van der Waals surface area (Å²) in [6.07, 6.45) is 0.447. The first-order valence-corrected chi connectivity index (χ1v) is 8.48. The molecule has 6 heteroatoms. The van der Waals surface area contributed by atoms with Gasteiger partial charge in [-0.3, -0.25) is 0 Å². The normalized spacial score (nSPS) is 10.5. The van der Waals surface area contributed by atoms with Crippen molar-refractivity contribution in [3.63, 3.8) is 0 Å². The number of hydrogen-bond donors (Lipinski definition) is 0. The molecule has 0 unspecified atom stereocenters. The molecule has 0 amide bonds. The number of carbonyl (C=O) groups is 1. The van der Waals surface area contributed by atoms with Crippen LogP contribution in [-0.4, -0.2) is 11.0 Å². The van der Waals surface area contributed by atoms with Gasteiger partial charge in [-0.25, -0.2) is 4.98 Å². The molecule has 0 aliphatic heterocycles. The minimum atomic E-state index is -1.27. The third-order valence-corrected chi connectivity index (χ3v) is 4.45. The lowest BCUT2D eigenvalue weighted by Gasteiger charge is -2.11. The van der Waals surface area contributed by atoms with Crippen molar-refractivity contribution in [2.45, 2.75) is 13.0 Å². The van der Waals surface area contributed by atoms with E-state index in [4.69, 9.17) is 16.3 Å². The van der Waals surface area contributed by atoms with Crippen LogP contribution in [0.3, 0.4) is 0 Å². The molecule has 1 aromatic heterocycles. The van der Waals surface area contributed by atoms with E-state index >= 15 is 0 Å². The maximum atomic E-state index is 10.8. The Hall–Kier alpha value is -2.37. The zero-order chi connectivity index (χ0) is 16.9. The molecule has 0 aliphatic carbocycles. The number of nitrogens with zero attached hydrogens (tertiary/aromatic N) is 1. The largest absolute Gasteiger partial charge is 0.543 e. The highest BCUT2D eigenvalue weighted by molar-refractivity contribution is 7.09. The molecular formula is C18H13ClNO3S-. The number of halogens is 1. The Morgan fingerprint density at radius 3 is 2.71 bits per heavy atom. The minimum absolute atomic E-state index is 0.0521. The van der Waals surface area contributed by atoms with Gasteiger partial charge in [-0.05, 0) is 23.8 Å². The van der Waals surface area contributed by atoms with E-state index < -0.39 is 5.97 Å². The third kappa shape index (κ3) is 4.13. The molecule has 3 rings (SSSR count). The molecule has 4 nitrogen and oxygen atoms in total. The molecule has 0 saturated carbocycles. The molecule has 1 heterocycles. The van der Waals surface area contributed by atoms with Crippen molar-refractivity contribution in [3.05, 3.63) is 80.8 Å². The van der Waals surface area contributed by atoms with Crippen LogP contribution in [0.25, 0.3) is 0 Å². The fraction of sp³-hybridized carbons (Fsp3) is 0.111. The Bertz CT molecular complexity index is 848. The summed E-state index contributed by atoms with van der Waals surface area (Å²) in [4.78, 5) is 14.9. The number of aromatic nitrogens is 1. The van der Waals surface area contributed by atoms with Gasteiger partial charge in [0, 0.05) is 22.4 Å². The van der Waals surface area contributed by atoms with Gasteiger partial charge in [-0.1, -0.05) is 41.9 Å². The molecule has 0 fully saturated rings. The van der Waals surface area contributed by atoms with E-state index in [0.29, 0.717) is 28.8 Å². The average molecular weight is 359 g/mol. The van der Waals surface area contributed by atoms with Crippen LogP contribution in [0, 0.1) is 0 Å².